The summed E-state index contributed by atoms with van der Waals surface area (Å²) in [7, 11) is 0. The summed E-state index contributed by atoms with van der Waals surface area (Å²) in [4.78, 5) is 9.15. The molecule has 3 rings (SSSR count). The average Bonchev–Trinajstić information content (AvgIpc) is 2.78. The molecular formula is C16H16N4. The fourth-order valence-electron chi connectivity index (χ4n) is 2.24. The lowest BCUT2D eigenvalue weighted by atomic mass is 10.2. The average molecular weight is 264 g/mol. The van der Waals surface area contributed by atoms with E-state index in [0.29, 0.717) is 0 Å². The van der Waals surface area contributed by atoms with Gasteiger partial charge in [-0.3, -0.25) is 0 Å². The van der Waals surface area contributed by atoms with Crippen LogP contribution in [0.15, 0.2) is 42.5 Å². The molecular weight excluding hydrogens is 248 g/mol. The van der Waals surface area contributed by atoms with E-state index in [-0.39, 0.29) is 0 Å². The molecule has 0 amide bonds. The highest BCUT2D eigenvalue weighted by molar-refractivity contribution is 5.55. The van der Waals surface area contributed by atoms with E-state index in [1.165, 1.54) is 0 Å². The minimum atomic E-state index is 0.730. The first-order valence-corrected chi connectivity index (χ1v) is 6.58. The van der Waals surface area contributed by atoms with Gasteiger partial charge in [-0.15, -0.1) is 0 Å². The molecule has 0 saturated heterocycles. The largest absolute Gasteiger partial charge is 0.233 e. The first-order valence-electron chi connectivity index (χ1n) is 6.58. The van der Waals surface area contributed by atoms with E-state index in [1.807, 2.05) is 67.9 Å². The van der Waals surface area contributed by atoms with Crippen LogP contribution < -0.4 is 0 Å². The van der Waals surface area contributed by atoms with Gasteiger partial charge in [0.1, 0.15) is 0 Å². The van der Waals surface area contributed by atoms with Crippen molar-refractivity contribution in [3.05, 3.63) is 59.5 Å². The van der Waals surface area contributed by atoms with Crippen molar-refractivity contribution < 1.29 is 0 Å². The standard InChI is InChI=1S/C16H16N4/c1-11-10-15(20-13(3)9-12(2)19-20)18-16(17-11)14-7-5-4-6-8-14/h4-10H,1-3H3. The molecule has 20 heavy (non-hydrogen) atoms. The summed E-state index contributed by atoms with van der Waals surface area (Å²) in [6.45, 7) is 5.98. The first-order chi connectivity index (χ1) is 9.63. The van der Waals surface area contributed by atoms with Gasteiger partial charge in [0.25, 0.3) is 0 Å². The van der Waals surface area contributed by atoms with Crippen LogP contribution >= 0.6 is 0 Å². The maximum Gasteiger partial charge on any atom is 0.161 e. The molecule has 0 spiro atoms. The number of rotatable bonds is 2. The van der Waals surface area contributed by atoms with Gasteiger partial charge in [-0.1, -0.05) is 30.3 Å². The Balaban J connectivity index is 2.14. The molecule has 0 aliphatic carbocycles. The zero-order valence-electron chi connectivity index (χ0n) is 11.8. The van der Waals surface area contributed by atoms with E-state index in [0.717, 1.165) is 34.3 Å². The molecule has 100 valence electrons. The number of nitrogens with zero attached hydrogens (tertiary/aromatic N) is 4. The van der Waals surface area contributed by atoms with Crippen LogP contribution in [0.3, 0.4) is 0 Å². The van der Waals surface area contributed by atoms with Gasteiger partial charge < -0.3 is 0 Å². The van der Waals surface area contributed by atoms with Gasteiger partial charge in [0.05, 0.1) is 5.69 Å². The molecule has 0 aliphatic rings. The highest BCUT2D eigenvalue weighted by Gasteiger charge is 2.09. The molecule has 0 bridgehead atoms. The van der Waals surface area contributed by atoms with Crippen LogP contribution in [0.5, 0.6) is 0 Å². The van der Waals surface area contributed by atoms with Crippen molar-refractivity contribution in [3.8, 4) is 17.2 Å². The van der Waals surface area contributed by atoms with Crippen LogP contribution in [-0.4, -0.2) is 19.7 Å². The van der Waals surface area contributed by atoms with Crippen molar-refractivity contribution in [1.29, 1.82) is 0 Å². The lowest BCUT2D eigenvalue weighted by Crippen LogP contribution is -2.05. The molecule has 0 unspecified atom stereocenters. The van der Waals surface area contributed by atoms with E-state index in [2.05, 4.69) is 15.1 Å². The molecule has 2 heterocycles. The van der Waals surface area contributed by atoms with Crippen molar-refractivity contribution >= 4 is 0 Å². The second-order valence-electron chi connectivity index (χ2n) is 4.90. The molecule has 0 aliphatic heterocycles. The van der Waals surface area contributed by atoms with Crippen molar-refractivity contribution in [1.82, 2.24) is 19.7 Å². The Labute approximate surface area is 118 Å². The Morgan fingerprint density at radius 3 is 2.25 bits per heavy atom. The number of hydrogen-bond acceptors (Lipinski definition) is 3. The summed E-state index contributed by atoms with van der Waals surface area (Å²) in [5, 5.41) is 4.48. The van der Waals surface area contributed by atoms with Crippen LogP contribution in [0.2, 0.25) is 0 Å². The number of hydrogen-bond donors (Lipinski definition) is 0. The summed E-state index contributed by atoms with van der Waals surface area (Å²) in [5.74, 6) is 1.54. The zero-order valence-corrected chi connectivity index (χ0v) is 11.8. The van der Waals surface area contributed by atoms with Crippen LogP contribution in [0.4, 0.5) is 0 Å². The SMILES string of the molecule is Cc1cc(-n2nc(C)cc2C)nc(-c2ccccc2)n1. The molecule has 2 aromatic heterocycles. The fourth-order valence-corrected chi connectivity index (χ4v) is 2.24. The molecule has 0 radical (unpaired) electrons. The second kappa shape index (κ2) is 4.89. The van der Waals surface area contributed by atoms with E-state index >= 15 is 0 Å². The molecule has 4 nitrogen and oxygen atoms in total. The van der Waals surface area contributed by atoms with E-state index in [1.54, 1.807) is 0 Å². The highest BCUT2D eigenvalue weighted by Crippen LogP contribution is 2.18. The van der Waals surface area contributed by atoms with Crippen molar-refractivity contribution in [2.24, 2.45) is 0 Å². The Morgan fingerprint density at radius 1 is 0.850 bits per heavy atom. The van der Waals surface area contributed by atoms with Crippen LogP contribution in [0, 0.1) is 20.8 Å². The predicted octanol–water partition coefficient (Wildman–Crippen LogP) is 3.25. The number of benzene rings is 1. The monoisotopic (exact) mass is 264 g/mol. The Morgan fingerprint density at radius 2 is 1.60 bits per heavy atom. The van der Waals surface area contributed by atoms with Crippen molar-refractivity contribution in [2.75, 3.05) is 0 Å². The topological polar surface area (TPSA) is 43.6 Å². The lowest BCUT2D eigenvalue weighted by molar-refractivity contribution is 0.799. The van der Waals surface area contributed by atoms with Crippen LogP contribution in [0.1, 0.15) is 17.1 Å². The van der Waals surface area contributed by atoms with Gasteiger partial charge >= 0.3 is 0 Å². The lowest BCUT2D eigenvalue weighted by Gasteiger charge is -2.07. The molecule has 1 aromatic carbocycles. The highest BCUT2D eigenvalue weighted by atomic mass is 15.3. The molecule has 4 heteroatoms. The quantitative estimate of drug-likeness (QED) is 0.713. The van der Waals surface area contributed by atoms with E-state index in [9.17, 15) is 0 Å². The van der Waals surface area contributed by atoms with Gasteiger partial charge in [0.15, 0.2) is 11.6 Å². The normalized spacial score (nSPS) is 10.8. The third-order valence-electron chi connectivity index (χ3n) is 3.10. The summed E-state index contributed by atoms with van der Waals surface area (Å²) >= 11 is 0. The van der Waals surface area contributed by atoms with Crippen molar-refractivity contribution in [3.63, 3.8) is 0 Å². The number of aromatic nitrogens is 4. The van der Waals surface area contributed by atoms with Crippen LogP contribution in [-0.2, 0) is 0 Å². The maximum atomic E-state index is 4.64. The number of aryl methyl sites for hydroxylation is 3. The van der Waals surface area contributed by atoms with Gasteiger partial charge in [-0.25, -0.2) is 14.6 Å². The van der Waals surface area contributed by atoms with Gasteiger partial charge in [0, 0.05) is 23.0 Å². The summed E-state index contributed by atoms with van der Waals surface area (Å²) < 4.78 is 1.86. The Hall–Kier alpha value is -2.49. The van der Waals surface area contributed by atoms with Crippen LogP contribution in [0.25, 0.3) is 17.2 Å². The Kier molecular flexibility index (Phi) is 3.06. The van der Waals surface area contributed by atoms with E-state index < -0.39 is 0 Å². The molecule has 3 aromatic rings. The second-order valence-corrected chi connectivity index (χ2v) is 4.90. The van der Waals surface area contributed by atoms with Gasteiger partial charge in [0.2, 0.25) is 0 Å². The van der Waals surface area contributed by atoms with Crippen molar-refractivity contribution in [2.45, 2.75) is 20.8 Å². The molecule has 0 N–H and O–H groups in total. The summed E-state index contributed by atoms with van der Waals surface area (Å²) in [6, 6.07) is 14.0. The van der Waals surface area contributed by atoms with Gasteiger partial charge in [-0.05, 0) is 26.8 Å². The minimum Gasteiger partial charge on any atom is -0.233 e. The summed E-state index contributed by atoms with van der Waals surface area (Å²) in [5.41, 5.74) is 4.00. The molecule has 0 atom stereocenters. The maximum absolute atomic E-state index is 4.64. The fraction of sp³-hybridized carbons (Fsp3) is 0.188. The first kappa shape index (κ1) is 12.5. The smallest absolute Gasteiger partial charge is 0.161 e. The summed E-state index contributed by atoms with van der Waals surface area (Å²) in [6.07, 6.45) is 0. The third-order valence-corrected chi connectivity index (χ3v) is 3.10. The predicted molar refractivity (Wildman–Crippen MR) is 78.8 cm³/mol. The molecule has 0 saturated carbocycles. The van der Waals surface area contributed by atoms with Gasteiger partial charge in [-0.2, -0.15) is 5.10 Å². The van der Waals surface area contributed by atoms with E-state index in [4.69, 9.17) is 0 Å². The Bertz CT molecular complexity index is 744. The minimum absolute atomic E-state index is 0.730. The molecule has 0 fully saturated rings. The third kappa shape index (κ3) is 2.32. The zero-order chi connectivity index (χ0) is 14.1.